The second-order valence-corrected chi connectivity index (χ2v) is 6.12. The lowest BCUT2D eigenvalue weighted by molar-refractivity contribution is 0.0515. The summed E-state index contributed by atoms with van der Waals surface area (Å²) in [6, 6.07) is 25.9. The van der Waals surface area contributed by atoms with Crippen molar-refractivity contribution in [2.45, 2.75) is 12.0 Å². The van der Waals surface area contributed by atoms with Gasteiger partial charge in [0.2, 0.25) is 0 Å². The van der Waals surface area contributed by atoms with Gasteiger partial charge < -0.3 is 10.1 Å². The van der Waals surface area contributed by atoms with Crippen LogP contribution in [0.5, 0.6) is 0 Å². The molecule has 1 aliphatic rings. The number of fused-ring (bicyclic) bond motifs is 1. The highest BCUT2D eigenvalue weighted by molar-refractivity contribution is 5.83. The molecule has 1 saturated heterocycles. The van der Waals surface area contributed by atoms with Crippen LogP contribution in [0.25, 0.3) is 10.8 Å². The SMILES string of the molecule is c1ccc([C@@H]2OCCNC[C@H]2c2ccc3ccccc3c2)cc1. The molecule has 0 amide bonds. The van der Waals surface area contributed by atoms with Crippen molar-refractivity contribution >= 4 is 10.8 Å². The molecule has 1 fully saturated rings. The molecular formula is C21H21NO. The van der Waals surface area contributed by atoms with Crippen molar-refractivity contribution in [1.29, 1.82) is 0 Å². The molecule has 2 heteroatoms. The Morgan fingerprint density at radius 3 is 2.43 bits per heavy atom. The van der Waals surface area contributed by atoms with Crippen molar-refractivity contribution in [2.24, 2.45) is 0 Å². The minimum Gasteiger partial charge on any atom is -0.372 e. The van der Waals surface area contributed by atoms with Crippen molar-refractivity contribution in [3.63, 3.8) is 0 Å². The topological polar surface area (TPSA) is 21.3 Å². The Kier molecular flexibility index (Phi) is 4.10. The molecule has 3 aromatic carbocycles. The number of nitrogens with one attached hydrogen (secondary N) is 1. The molecular weight excluding hydrogens is 282 g/mol. The first kappa shape index (κ1) is 14.4. The van der Waals surface area contributed by atoms with E-state index < -0.39 is 0 Å². The first-order valence-electron chi connectivity index (χ1n) is 8.28. The van der Waals surface area contributed by atoms with Gasteiger partial charge in [-0.15, -0.1) is 0 Å². The summed E-state index contributed by atoms with van der Waals surface area (Å²) in [7, 11) is 0. The Labute approximate surface area is 137 Å². The Hall–Kier alpha value is -2.16. The highest BCUT2D eigenvalue weighted by Gasteiger charge is 2.27. The molecule has 2 atom stereocenters. The summed E-state index contributed by atoms with van der Waals surface area (Å²) in [5, 5.41) is 6.10. The van der Waals surface area contributed by atoms with Crippen molar-refractivity contribution < 1.29 is 4.74 Å². The van der Waals surface area contributed by atoms with Gasteiger partial charge in [0, 0.05) is 19.0 Å². The van der Waals surface area contributed by atoms with E-state index in [4.69, 9.17) is 4.74 Å². The quantitative estimate of drug-likeness (QED) is 0.763. The molecule has 2 nitrogen and oxygen atoms in total. The second kappa shape index (κ2) is 6.53. The van der Waals surface area contributed by atoms with Gasteiger partial charge in [0.15, 0.2) is 0 Å². The summed E-state index contributed by atoms with van der Waals surface area (Å²) >= 11 is 0. The summed E-state index contributed by atoms with van der Waals surface area (Å²) in [4.78, 5) is 0. The molecule has 1 aliphatic heterocycles. The van der Waals surface area contributed by atoms with Crippen LogP contribution in [-0.2, 0) is 4.74 Å². The van der Waals surface area contributed by atoms with E-state index in [0.717, 1.165) is 19.7 Å². The maximum atomic E-state index is 6.21. The maximum Gasteiger partial charge on any atom is 0.0906 e. The van der Waals surface area contributed by atoms with Crippen LogP contribution in [-0.4, -0.2) is 19.7 Å². The molecule has 0 saturated carbocycles. The summed E-state index contributed by atoms with van der Waals surface area (Å²) < 4.78 is 6.21. The highest BCUT2D eigenvalue weighted by Crippen LogP contribution is 2.35. The first-order chi connectivity index (χ1) is 11.4. The number of hydrogen-bond donors (Lipinski definition) is 1. The maximum absolute atomic E-state index is 6.21. The molecule has 0 bridgehead atoms. The average molecular weight is 303 g/mol. The summed E-state index contributed by atoms with van der Waals surface area (Å²) in [5.74, 6) is 0.324. The summed E-state index contributed by atoms with van der Waals surface area (Å²) in [6.07, 6.45) is 0.104. The fourth-order valence-electron chi connectivity index (χ4n) is 3.44. The van der Waals surface area contributed by atoms with Crippen molar-refractivity contribution in [3.8, 4) is 0 Å². The van der Waals surface area contributed by atoms with Gasteiger partial charge in [-0.3, -0.25) is 0 Å². The van der Waals surface area contributed by atoms with Gasteiger partial charge in [-0.1, -0.05) is 72.8 Å². The van der Waals surface area contributed by atoms with E-state index in [1.165, 1.54) is 21.9 Å². The van der Waals surface area contributed by atoms with Crippen LogP contribution in [0.1, 0.15) is 23.1 Å². The molecule has 0 aliphatic carbocycles. The Morgan fingerprint density at radius 2 is 1.57 bits per heavy atom. The number of rotatable bonds is 2. The van der Waals surface area contributed by atoms with Gasteiger partial charge in [-0.25, -0.2) is 0 Å². The van der Waals surface area contributed by atoms with Crippen molar-refractivity contribution in [3.05, 3.63) is 83.9 Å². The zero-order chi connectivity index (χ0) is 15.5. The van der Waals surface area contributed by atoms with Gasteiger partial charge >= 0.3 is 0 Å². The monoisotopic (exact) mass is 303 g/mol. The van der Waals surface area contributed by atoms with E-state index in [1.807, 2.05) is 0 Å². The van der Waals surface area contributed by atoms with Gasteiger partial charge in [0.25, 0.3) is 0 Å². The van der Waals surface area contributed by atoms with E-state index in [1.54, 1.807) is 0 Å². The van der Waals surface area contributed by atoms with Crippen LogP contribution < -0.4 is 5.32 Å². The molecule has 1 heterocycles. The lowest BCUT2D eigenvalue weighted by Gasteiger charge is -2.26. The molecule has 116 valence electrons. The minimum atomic E-state index is 0.104. The molecule has 0 radical (unpaired) electrons. The zero-order valence-electron chi connectivity index (χ0n) is 13.1. The standard InChI is InChI=1S/C21H21NO/c1-2-7-17(8-3-1)21-20(15-22-12-13-23-21)19-11-10-16-6-4-5-9-18(16)14-19/h1-11,14,20-22H,12-13,15H2/t20-,21-/m0/s1. The van der Waals surface area contributed by atoms with Gasteiger partial charge in [0.05, 0.1) is 12.7 Å². The van der Waals surface area contributed by atoms with Crippen LogP contribution in [0.4, 0.5) is 0 Å². The first-order valence-corrected chi connectivity index (χ1v) is 8.28. The molecule has 0 aromatic heterocycles. The summed E-state index contributed by atoms with van der Waals surface area (Å²) in [5.41, 5.74) is 2.60. The number of ether oxygens (including phenoxy) is 1. The Bertz CT molecular complexity index is 784. The third-order valence-electron chi connectivity index (χ3n) is 4.64. The Balaban J connectivity index is 1.75. The van der Waals surface area contributed by atoms with Crippen molar-refractivity contribution in [1.82, 2.24) is 5.32 Å². The van der Waals surface area contributed by atoms with E-state index >= 15 is 0 Å². The predicted molar refractivity (Wildman–Crippen MR) is 94.7 cm³/mol. The molecule has 0 unspecified atom stereocenters. The van der Waals surface area contributed by atoms with Crippen LogP contribution in [0.2, 0.25) is 0 Å². The number of hydrogen-bond acceptors (Lipinski definition) is 2. The van der Waals surface area contributed by atoms with Crippen LogP contribution in [0.15, 0.2) is 72.8 Å². The smallest absolute Gasteiger partial charge is 0.0906 e. The lowest BCUT2D eigenvalue weighted by atomic mass is 9.88. The van der Waals surface area contributed by atoms with Crippen LogP contribution in [0.3, 0.4) is 0 Å². The fraction of sp³-hybridized carbons (Fsp3) is 0.238. The molecule has 4 rings (SSSR count). The third kappa shape index (κ3) is 3.00. The van der Waals surface area contributed by atoms with E-state index in [0.29, 0.717) is 5.92 Å². The largest absolute Gasteiger partial charge is 0.372 e. The van der Waals surface area contributed by atoms with Crippen LogP contribution >= 0.6 is 0 Å². The lowest BCUT2D eigenvalue weighted by Crippen LogP contribution is -2.23. The van der Waals surface area contributed by atoms with E-state index in [-0.39, 0.29) is 6.10 Å². The van der Waals surface area contributed by atoms with E-state index in [9.17, 15) is 0 Å². The fourth-order valence-corrected chi connectivity index (χ4v) is 3.44. The Morgan fingerprint density at radius 1 is 0.783 bits per heavy atom. The average Bonchev–Trinajstić information content (AvgIpc) is 2.88. The van der Waals surface area contributed by atoms with Gasteiger partial charge in [-0.2, -0.15) is 0 Å². The minimum absolute atomic E-state index is 0.104. The second-order valence-electron chi connectivity index (χ2n) is 6.12. The van der Waals surface area contributed by atoms with Crippen LogP contribution in [0, 0.1) is 0 Å². The zero-order valence-corrected chi connectivity index (χ0v) is 13.1. The predicted octanol–water partition coefficient (Wildman–Crippen LogP) is 4.28. The normalized spacial score (nSPS) is 21.9. The van der Waals surface area contributed by atoms with Gasteiger partial charge in [-0.05, 0) is 21.9 Å². The van der Waals surface area contributed by atoms with Gasteiger partial charge in [0.1, 0.15) is 0 Å². The number of benzene rings is 3. The highest BCUT2D eigenvalue weighted by atomic mass is 16.5. The molecule has 3 aromatic rings. The molecule has 1 N–H and O–H groups in total. The molecule has 23 heavy (non-hydrogen) atoms. The van der Waals surface area contributed by atoms with E-state index in [2.05, 4.69) is 78.1 Å². The third-order valence-corrected chi connectivity index (χ3v) is 4.64. The molecule has 0 spiro atoms. The van der Waals surface area contributed by atoms with Crippen molar-refractivity contribution in [2.75, 3.05) is 19.7 Å². The summed E-state index contributed by atoms with van der Waals surface area (Å²) in [6.45, 7) is 2.61.